The van der Waals surface area contributed by atoms with Crippen LogP contribution in [0.3, 0.4) is 0 Å². The van der Waals surface area contributed by atoms with Crippen molar-refractivity contribution < 1.29 is 9.90 Å². The minimum absolute atomic E-state index is 0.0375. The van der Waals surface area contributed by atoms with E-state index in [1.807, 2.05) is 7.05 Å². The summed E-state index contributed by atoms with van der Waals surface area (Å²) in [7, 11) is 2.05. The van der Waals surface area contributed by atoms with Gasteiger partial charge in [-0.3, -0.25) is 9.78 Å². The van der Waals surface area contributed by atoms with Crippen molar-refractivity contribution in [1.29, 1.82) is 0 Å². The van der Waals surface area contributed by atoms with Crippen LogP contribution in [0.4, 0.5) is 0 Å². The van der Waals surface area contributed by atoms with Crippen LogP contribution in [-0.4, -0.2) is 53.7 Å². The fourth-order valence-electron chi connectivity index (χ4n) is 2.17. The van der Waals surface area contributed by atoms with Crippen molar-refractivity contribution in [3.8, 4) is 11.8 Å². The Kier molecular flexibility index (Phi) is 5.10. The van der Waals surface area contributed by atoms with Gasteiger partial charge in [0.1, 0.15) is 0 Å². The third-order valence-corrected chi connectivity index (χ3v) is 3.20. The lowest BCUT2D eigenvalue weighted by Crippen LogP contribution is -2.36. The molecule has 1 aliphatic heterocycles. The molecule has 1 saturated heterocycles. The summed E-state index contributed by atoms with van der Waals surface area (Å²) in [5.74, 6) is 5.59. The molecule has 0 aromatic carbocycles. The van der Waals surface area contributed by atoms with E-state index in [9.17, 15) is 4.79 Å². The third kappa shape index (κ3) is 4.05. The van der Waals surface area contributed by atoms with Crippen molar-refractivity contribution in [3.05, 3.63) is 29.6 Å². The summed E-state index contributed by atoms with van der Waals surface area (Å²) in [5, 5.41) is 11.7. The minimum Gasteiger partial charge on any atom is -0.395 e. The highest BCUT2D eigenvalue weighted by Gasteiger charge is 2.21. The van der Waals surface area contributed by atoms with Crippen LogP contribution < -0.4 is 5.32 Å². The highest BCUT2D eigenvalue weighted by atomic mass is 16.2. The summed E-state index contributed by atoms with van der Waals surface area (Å²) >= 11 is 0. The van der Waals surface area contributed by atoms with Crippen molar-refractivity contribution in [3.63, 3.8) is 0 Å². The Morgan fingerprint density at radius 1 is 1.60 bits per heavy atom. The van der Waals surface area contributed by atoms with Crippen LogP contribution in [0.5, 0.6) is 0 Å². The van der Waals surface area contributed by atoms with Crippen LogP contribution in [0, 0.1) is 11.8 Å². The lowest BCUT2D eigenvalue weighted by Gasteiger charge is -2.12. The number of amides is 1. The zero-order valence-corrected chi connectivity index (χ0v) is 11.6. The summed E-state index contributed by atoms with van der Waals surface area (Å²) in [6.45, 7) is 1.93. The van der Waals surface area contributed by atoms with Crippen LogP contribution in [0.25, 0.3) is 0 Å². The zero-order chi connectivity index (χ0) is 14.4. The smallest absolute Gasteiger partial charge is 0.253 e. The van der Waals surface area contributed by atoms with E-state index in [-0.39, 0.29) is 18.6 Å². The normalized spacial score (nSPS) is 18.4. The van der Waals surface area contributed by atoms with E-state index < -0.39 is 0 Å². The summed E-state index contributed by atoms with van der Waals surface area (Å²) in [6.07, 6.45) is 4.56. The molecule has 1 aromatic heterocycles. The second-order valence-corrected chi connectivity index (χ2v) is 4.96. The van der Waals surface area contributed by atoms with Gasteiger partial charge in [-0.2, -0.15) is 0 Å². The quantitative estimate of drug-likeness (QED) is 0.775. The average Bonchev–Trinajstić information content (AvgIpc) is 2.85. The first-order valence-electron chi connectivity index (χ1n) is 6.73. The number of aromatic nitrogens is 1. The van der Waals surface area contributed by atoms with Gasteiger partial charge >= 0.3 is 0 Å². The van der Waals surface area contributed by atoms with Crippen LogP contribution in [0.15, 0.2) is 18.5 Å². The van der Waals surface area contributed by atoms with Gasteiger partial charge in [0, 0.05) is 37.0 Å². The molecule has 2 N–H and O–H groups in total. The van der Waals surface area contributed by atoms with Crippen molar-refractivity contribution in [1.82, 2.24) is 15.2 Å². The molecule has 0 spiro atoms. The Morgan fingerprint density at radius 2 is 2.45 bits per heavy atom. The second kappa shape index (κ2) is 7.04. The van der Waals surface area contributed by atoms with E-state index in [1.165, 1.54) is 0 Å². The third-order valence-electron chi connectivity index (χ3n) is 3.20. The van der Waals surface area contributed by atoms with Gasteiger partial charge in [0.05, 0.1) is 12.2 Å². The number of hydrogen-bond donors (Lipinski definition) is 2. The largest absolute Gasteiger partial charge is 0.395 e. The number of carbonyl (C=O) groups is 1. The number of nitrogens with zero attached hydrogens (tertiary/aromatic N) is 2. The molecule has 106 valence electrons. The summed E-state index contributed by atoms with van der Waals surface area (Å²) in [4.78, 5) is 18.4. The van der Waals surface area contributed by atoms with Crippen LogP contribution >= 0.6 is 0 Å². The predicted octanol–water partition coefficient (Wildman–Crippen LogP) is 0.249. The Bertz CT molecular complexity index is 533. The molecule has 0 aliphatic carbocycles. The number of pyridine rings is 1. The first kappa shape index (κ1) is 14.5. The van der Waals surface area contributed by atoms with Gasteiger partial charge < -0.3 is 15.3 Å². The average molecular weight is 273 g/mol. The lowest BCUT2D eigenvalue weighted by atomic mass is 10.1. The fraction of sp³-hybridized carbons (Fsp3) is 0.467. The molecule has 1 unspecified atom stereocenters. The SMILES string of the molecule is CN1CCC(NC(=O)c2cncc(C#CCCO)c2)C1. The number of rotatable bonds is 3. The maximum atomic E-state index is 12.1. The van der Waals surface area contributed by atoms with Gasteiger partial charge in [0.2, 0.25) is 0 Å². The molecule has 1 fully saturated rings. The van der Waals surface area contributed by atoms with Gasteiger partial charge in [-0.25, -0.2) is 0 Å². The van der Waals surface area contributed by atoms with E-state index in [1.54, 1.807) is 18.5 Å². The Morgan fingerprint density at radius 3 is 3.15 bits per heavy atom. The first-order chi connectivity index (χ1) is 9.69. The number of carbonyl (C=O) groups excluding carboxylic acids is 1. The highest BCUT2D eigenvalue weighted by Crippen LogP contribution is 2.08. The Labute approximate surface area is 119 Å². The van der Waals surface area contributed by atoms with E-state index >= 15 is 0 Å². The van der Waals surface area contributed by atoms with Crippen LogP contribution in [0.1, 0.15) is 28.8 Å². The number of aliphatic hydroxyl groups is 1. The summed E-state index contributed by atoms with van der Waals surface area (Å²) in [6, 6.07) is 1.93. The van der Waals surface area contributed by atoms with Crippen molar-refractivity contribution in [2.24, 2.45) is 0 Å². The van der Waals surface area contributed by atoms with Gasteiger partial charge in [-0.05, 0) is 26.1 Å². The Balaban J connectivity index is 1.99. The zero-order valence-electron chi connectivity index (χ0n) is 11.6. The summed E-state index contributed by atoms with van der Waals surface area (Å²) < 4.78 is 0. The molecule has 1 atom stereocenters. The molecule has 5 nitrogen and oxygen atoms in total. The van der Waals surface area contributed by atoms with E-state index in [0.29, 0.717) is 17.5 Å². The van der Waals surface area contributed by atoms with Crippen LogP contribution in [0.2, 0.25) is 0 Å². The Hall–Kier alpha value is -1.90. The van der Waals surface area contributed by atoms with Gasteiger partial charge in [-0.15, -0.1) is 0 Å². The van der Waals surface area contributed by atoms with Crippen molar-refractivity contribution in [2.45, 2.75) is 18.9 Å². The number of aliphatic hydroxyl groups excluding tert-OH is 1. The van der Waals surface area contributed by atoms with Gasteiger partial charge in [0.15, 0.2) is 0 Å². The molecule has 5 heteroatoms. The highest BCUT2D eigenvalue weighted by molar-refractivity contribution is 5.94. The minimum atomic E-state index is -0.108. The van der Waals surface area contributed by atoms with Crippen LogP contribution in [-0.2, 0) is 0 Å². The van der Waals surface area contributed by atoms with Crippen molar-refractivity contribution >= 4 is 5.91 Å². The predicted molar refractivity (Wildman–Crippen MR) is 76.2 cm³/mol. The number of nitrogens with one attached hydrogen (secondary N) is 1. The molecule has 20 heavy (non-hydrogen) atoms. The molecule has 0 bridgehead atoms. The molecule has 1 aromatic rings. The lowest BCUT2D eigenvalue weighted by molar-refractivity contribution is 0.0938. The maximum Gasteiger partial charge on any atom is 0.253 e. The number of likely N-dealkylation sites (tertiary alicyclic amines) is 1. The summed E-state index contributed by atoms with van der Waals surface area (Å²) in [5.41, 5.74) is 1.21. The second-order valence-electron chi connectivity index (χ2n) is 4.96. The molecule has 0 saturated carbocycles. The number of hydrogen-bond acceptors (Lipinski definition) is 4. The van der Waals surface area contributed by atoms with E-state index in [0.717, 1.165) is 19.5 Å². The molecule has 2 rings (SSSR count). The fourth-order valence-corrected chi connectivity index (χ4v) is 2.17. The maximum absolute atomic E-state index is 12.1. The van der Waals surface area contributed by atoms with Gasteiger partial charge in [-0.1, -0.05) is 11.8 Å². The standard InChI is InChI=1S/C15H19N3O2/c1-18-6-5-14(11-18)17-15(20)13-8-12(9-16-10-13)4-2-3-7-19/h8-10,14,19H,3,5-7,11H2,1H3,(H,17,20). The molecular weight excluding hydrogens is 254 g/mol. The monoisotopic (exact) mass is 273 g/mol. The molecule has 1 amide bonds. The van der Waals surface area contributed by atoms with E-state index in [2.05, 4.69) is 27.0 Å². The van der Waals surface area contributed by atoms with E-state index in [4.69, 9.17) is 5.11 Å². The number of likely N-dealkylation sites (N-methyl/N-ethyl adjacent to an activating group) is 1. The molecular formula is C15H19N3O2. The van der Waals surface area contributed by atoms with Crippen molar-refractivity contribution in [2.75, 3.05) is 26.7 Å². The van der Waals surface area contributed by atoms with Gasteiger partial charge in [0.25, 0.3) is 5.91 Å². The molecule has 1 aliphatic rings. The molecule has 2 heterocycles. The first-order valence-corrected chi connectivity index (χ1v) is 6.73. The topological polar surface area (TPSA) is 65.5 Å². The molecule has 0 radical (unpaired) electrons.